The molecule has 0 atom stereocenters. The fourth-order valence-corrected chi connectivity index (χ4v) is 2.94. The molecule has 1 fully saturated rings. The Morgan fingerprint density at radius 1 is 0.960 bits per heavy atom. The molecule has 0 unspecified atom stereocenters. The van der Waals surface area contributed by atoms with E-state index in [1.807, 2.05) is 54.6 Å². The number of ether oxygens (including phenoxy) is 1. The van der Waals surface area contributed by atoms with Gasteiger partial charge in [0.05, 0.1) is 6.10 Å². The molecule has 5 nitrogen and oxygen atoms in total. The van der Waals surface area contributed by atoms with Crippen molar-refractivity contribution in [3.63, 3.8) is 0 Å². The predicted molar refractivity (Wildman–Crippen MR) is 96.6 cm³/mol. The molecule has 1 aliphatic carbocycles. The van der Waals surface area contributed by atoms with Crippen LogP contribution in [0.5, 0.6) is 11.5 Å². The van der Waals surface area contributed by atoms with E-state index in [1.165, 1.54) is 0 Å². The number of aliphatic hydroxyl groups excluding tert-OH is 1. The van der Waals surface area contributed by atoms with E-state index in [1.54, 1.807) is 0 Å². The summed E-state index contributed by atoms with van der Waals surface area (Å²) in [6.45, 7) is 0.465. The lowest BCUT2D eigenvalue weighted by Crippen LogP contribution is -2.43. The summed E-state index contributed by atoms with van der Waals surface area (Å²) in [6.07, 6.45) is 2.97. The van der Waals surface area contributed by atoms with Crippen LogP contribution >= 0.6 is 0 Å². The lowest BCUT2D eigenvalue weighted by molar-refractivity contribution is 0.117. The average Bonchev–Trinajstić information content (AvgIpc) is 2.64. The van der Waals surface area contributed by atoms with Gasteiger partial charge < -0.3 is 20.5 Å². The number of carbonyl (C=O) groups excluding carboxylic acids is 1. The SMILES string of the molecule is O=C(NCc1ccc(Oc2ccccc2)cc1)NC1CCC(O)CC1. The molecular formula is C20H24N2O3. The molecule has 2 aromatic rings. The minimum atomic E-state index is -0.210. The van der Waals surface area contributed by atoms with E-state index in [4.69, 9.17) is 4.74 Å². The topological polar surface area (TPSA) is 70.6 Å². The van der Waals surface area contributed by atoms with Crippen LogP contribution in [0.3, 0.4) is 0 Å². The summed E-state index contributed by atoms with van der Waals surface area (Å²) in [5.74, 6) is 1.56. The summed E-state index contributed by atoms with van der Waals surface area (Å²) < 4.78 is 5.75. The maximum absolute atomic E-state index is 12.0. The van der Waals surface area contributed by atoms with Gasteiger partial charge in [-0.3, -0.25) is 0 Å². The van der Waals surface area contributed by atoms with Crippen LogP contribution in [0.15, 0.2) is 54.6 Å². The molecule has 5 heteroatoms. The van der Waals surface area contributed by atoms with Gasteiger partial charge in [0.2, 0.25) is 0 Å². The minimum Gasteiger partial charge on any atom is -0.457 e. The molecule has 0 aliphatic heterocycles. The average molecular weight is 340 g/mol. The number of benzene rings is 2. The molecule has 3 N–H and O–H groups in total. The second-order valence-corrected chi connectivity index (χ2v) is 6.39. The van der Waals surface area contributed by atoms with Gasteiger partial charge in [-0.05, 0) is 55.5 Å². The highest BCUT2D eigenvalue weighted by atomic mass is 16.5. The summed E-state index contributed by atoms with van der Waals surface area (Å²) in [4.78, 5) is 12.0. The molecule has 3 rings (SSSR count). The molecule has 25 heavy (non-hydrogen) atoms. The van der Waals surface area contributed by atoms with Crippen molar-refractivity contribution < 1.29 is 14.6 Å². The van der Waals surface area contributed by atoms with Crippen molar-refractivity contribution in [2.24, 2.45) is 0 Å². The second-order valence-electron chi connectivity index (χ2n) is 6.39. The molecular weight excluding hydrogens is 316 g/mol. The lowest BCUT2D eigenvalue weighted by Gasteiger charge is -2.26. The van der Waals surface area contributed by atoms with Crippen LogP contribution in [0.4, 0.5) is 4.79 Å². The van der Waals surface area contributed by atoms with Crippen molar-refractivity contribution in [1.82, 2.24) is 10.6 Å². The van der Waals surface area contributed by atoms with Crippen LogP contribution in [-0.2, 0) is 6.54 Å². The fourth-order valence-electron chi connectivity index (χ4n) is 2.94. The Kier molecular flexibility index (Phi) is 5.90. The number of hydrogen-bond acceptors (Lipinski definition) is 3. The third kappa shape index (κ3) is 5.50. The third-order valence-electron chi connectivity index (χ3n) is 4.39. The molecule has 0 aromatic heterocycles. The van der Waals surface area contributed by atoms with Gasteiger partial charge in [0.25, 0.3) is 0 Å². The van der Waals surface area contributed by atoms with Crippen LogP contribution in [0.1, 0.15) is 31.2 Å². The van der Waals surface area contributed by atoms with Crippen LogP contribution in [0.2, 0.25) is 0 Å². The van der Waals surface area contributed by atoms with Crippen molar-refractivity contribution in [1.29, 1.82) is 0 Å². The van der Waals surface area contributed by atoms with E-state index >= 15 is 0 Å². The first kappa shape index (κ1) is 17.3. The maximum Gasteiger partial charge on any atom is 0.315 e. The normalized spacial score (nSPS) is 19.9. The summed E-state index contributed by atoms with van der Waals surface area (Å²) in [5.41, 5.74) is 1.01. The number of aliphatic hydroxyl groups is 1. The highest BCUT2D eigenvalue weighted by Gasteiger charge is 2.20. The quantitative estimate of drug-likeness (QED) is 0.779. The zero-order chi connectivity index (χ0) is 17.5. The second kappa shape index (κ2) is 8.53. The molecule has 0 bridgehead atoms. The first-order valence-electron chi connectivity index (χ1n) is 8.73. The lowest BCUT2D eigenvalue weighted by atomic mass is 9.93. The summed E-state index contributed by atoms with van der Waals surface area (Å²) in [6, 6.07) is 17.3. The van der Waals surface area contributed by atoms with Crippen LogP contribution in [0.25, 0.3) is 0 Å². The number of para-hydroxylation sites is 1. The number of rotatable bonds is 5. The van der Waals surface area contributed by atoms with Crippen molar-refractivity contribution in [3.05, 3.63) is 60.2 Å². The van der Waals surface area contributed by atoms with Gasteiger partial charge in [-0.15, -0.1) is 0 Å². The van der Waals surface area contributed by atoms with Gasteiger partial charge in [-0.1, -0.05) is 30.3 Å². The largest absolute Gasteiger partial charge is 0.457 e. The smallest absolute Gasteiger partial charge is 0.315 e. The molecule has 2 amide bonds. The Morgan fingerprint density at radius 2 is 1.60 bits per heavy atom. The highest BCUT2D eigenvalue weighted by Crippen LogP contribution is 2.21. The van der Waals surface area contributed by atoms with Crippen molar-refractivity contribution in [3.8, 4) is 11.5 Å². The number of hydrogen-bond donors (Lipinski definition) is 3. The van der Waals surface area contributed by atoms with Gasteiger partial charge in [-0.25, -0.2) is 4.79 Å². The Bertz CT molecular complexity index is 665. The number of amides is 2. The van der Waals surface area contributed by atoms with E-state index in [0.717, 1.165) is 42.7 Å². The summed E-state index contributed by atoms with van der Waals surface area (Å²) >= 11 is 0. The van der Waals surface area contributed by atoms with Crippen molar-refractivity contribution >= 4 is 6.03 Å². The van der Waals surface area contributed by atoms with E-state index in [0.29, 0.717) is 6.54 Å². The van der Waals surface area contributed by atoms with E-state index in [9.17, 15) is 9.90 Å². The molecule has 132 valence electrons. The van der Waals surface area contributed by atoms with Gasteiger partial charge in [0, 0.05) is 12.6 Å². The summed E-state index contributed by atoms with van der Waals surface area (Å²) in [7, 11) is 0. The van der Waals surface area contributed by atoms with Crippen LogP contribution in [-0.4, -0.2) is 23.3 Å². The highest BCUT2D eigenvalue weighted by molar-refractivity contribution is 5.74. The fraction of sp³-hybridized carbons (Fsp3) is 0.350. The molecule has 0 saturated heterocycles. The molecule has 0 heterocycles. The predicted octanol–water partition coefficient (Wildman–Crippen LogP) is 3.58. The zero-order valence-electron chi connectivity index (χ0n) is 14.2. The number of carbonyl (C=O) groups is 1. The monoisotopic (exact) mass is 340 g/mol. The maximum atomic E-state index is 12.0. The van der Waals surface area contributed by atoms with Crippen molar-refractivity contribution in [2.75, 3.05) is 0 Å². The van der Waals surface area contributed by atoms with Crippen LogP contribution in [0, 0.1) is 0 Å². The molecule has 0 spiro atoms. The Balaban J connectivity index is 1.43. The van der Waals surface area contributed by atoms with E-state index < -0.39 is 0 Å². The van der Waals surface area contributed by atoms with E-state index in [2.05, 4.69) is 10.6 Å². The van der Waals surface area contributed by atoms with Gasteiger partial charge in [0.15, 0.2) is 0 Å². The van der Waals surface area contributed by atoms with E-state index in [-0.39, 0.29) is 18.2 Å². The molecule has 1 saturated carbocycles. The standard InChI is InChI=1S/C20H24N2O3/c23-17-10-8-16(9-11-17)22-20(24)21-14-15-6-12-19(13-7-15)25-18-4-2-1-3-5-18/h1-7,12-13,16-17,23H,8-11,14H2,(H2,21,22,24). The third-order valence-corrected chi connectivity index (χ3v) is 4.39. The Hall–Kier alpha value is -2.53. The van der Waals surface area contributed by atoms with Crippen molar-refractivity contribution in [2.45, 2.75) is 44.4 Å². The Morgan fingerprint density at radius 3 is 2.28 bits per heavy atom. The minimum absolute atomic E-state index is 0.157. The first-order chi connectivity index (χ1) is 12.2. The zero-order valence-corrected chi connectivity index (χ0v) is 14.2. The van der Waals surface area contributed by atoms with Crippen LogP contribution < -0.4 is 15.4 Å². The number of urea groups is 1. The molecule has 1 aliphatic rings. The van der Waals surface area contributed by atoms with Gasteiger partial charge in [-0.2, -0.15) is 0 Å². The van der Waals surface area contributed by atoms with Gasteiger partial charge >= 0.3 is 6.03 Å². The number of nitrogens with one attached hydrogen (secondary N) is 2. The first-order valence-corrected chi connectivity index (χ1v) is 8.73. The summed E-state index contributed by atoms with van der Waals surface area (Å²) in [5, 5.41) is 15.3. The molecule has 2 aromatic carbocycles. The molecule has 0 radical (unpaired) electrons. The Labute approximate surface area is 148 Å². The van der Waals surface area contributed by atoms with Gasteiger partial charge in [0.1, 0.15) is 11.5 Å².